The minimum absolute atomic E-state index is 0.0736. The van der Waals surface area contributed by atoms with Gasteiger partial charge in [0.25, 0.3) is 5.91 Å². The number of pyridine rings is 1. The first-order valence-electron chi connectivity index (χ1n) is 5.23. The van der Waals surface area contributed by atoms with Crippen LogP contribution in [0.1, 0.15) is 28.9 Å². The summed E-state index contributed by atoms with van der Waals surface area (Å²) in [4.78, 5) is 15.8. The first kappa shape index (κ1) is 13.3. The minimum Gasteiger partial charge on any atom is -0.345 e. The largest absolute Gasteiger partial charge is 0.345 e. The Morgan fingerprint density at radius 3 is 2.78 bits per heavy atom. The smallest absolute Gasteiger partial charge is 0.254 e. The van der Waals surface area contributed by atoms with Gasteiger partial charge in [-0.3, -0.25) is 4.79 Å². The number of nitrogens with one attached hydrogen (secondary N) is 1. The van der Waals surface area contributed by atoms with E-state index in [9.17, 15) is 4.79 Å². The summed E-state index contributed by atoms with van der Waals surface area (Å²) < 4.78 is 0. The van der Waals surface area contributed by atoms with Crippen molar-refractivity contribution in [2.45, 2.75) is 13.0 Å². The van der Waals surface area contributed by atoms with Crippen molar-refractivity contribution in [3.8, 4) is 0 Å². The van der Waals surface area contributed by atoms with Gasteiger partial charge in [-0.2, -0.15) is 11.3 Å². The number of halogens is 2. The molecule has 94 valence electrons. The second-order valence-corrected chi connectivity index (χ2v) is 5.25. The quantitative estimate of drug-likeness (QED) is 0.872. The number of amides is 1. The molecule has 2 heterocycles. The summed E-state index contributed by atoms with van der Waals surface area (Å²) in [6.45, 7) is 1.91. The third-order valence-electron chi connectivity index (χ3n) is 2.45. The van der Waals surface area contributed by atoms with E-state index in [1.165, 1.54) is 6.07 Å². The number of hydrogen-bond acceptors (Lipinski definition) is 3. The molecule has 1 atom stereocenters. The molecule has 0 fully saturated rings. The summed E-state index contributed by atoms with van der Waals surface area (Å²) in [5.74, 6) is -0.261. The molecule has 0 saturated carbocycles. The summed E-state index contributed by atoms with van der Waals surface area (Å²) in [6.07, 6.45) is 0. The Morgan fingerprint density at radius 1 is 1.39 bits per heavy atom. The second-order valence-electron chi connectivity index (χ2n) is 3.72. The van der Waals surface area contributed by atoms with E-state index in [-0.39, 0.29) is 22.3 Å². The van der Waals surface area contributed by atoms with Gasteiger partial charge in [0.15, 0.2) is 0 Å². The van der Waals surface area contributed by atoms with Gasteiger partial charge in [0, 0.05) is 0 Å². The van der Waals surface area contributed by atoms with Gasteiger partial charge in [-0.15, -0.1) is 0 Å². The fourth-order valence-electron chi connectivity index (χ4n) is 1.46. The third-order valence-corrected chi connectivity index (χ3v) is 3.65. The van der Waals surface area contributed by atoms with Crippen LogP contribution in [-0.4, -0.2) is 10.9 Å². The second kappa shape index (κ2) is 5.69. The summed E-state index contributed by atoms with van der Waals surface area (Å²) >= 11 is 13.1. The highest BCUT2D eigenvalue weighted by molar-refractivity contribution is 7.07. The molecule has 3 nitrogen and oxygen atoms in total. The van der Waals surface area contributed by atoms with E-state index < -0.39 is 0 Å². The van der Waals surface area contributed by atoms with Gasteiger partial charge in [0.05, 0.1) is 11.6 Å². The Balaban J connectivity index is 2.12. The van der Waals surface area contributed by atoms with Crippen molar-refractivity contribution < 1.29 is 4.79 Å². The lowest BCUT2D eigenvalue weighted by Gasteiger charge is -2.13. The summed E-state index contributed by atoms with van der Waals surface area (Å²) in [6, 6.07) is 5.00. The average molecular weight is 301 g/mol. The van der Waals surface area contributed by atoms with Crippen LogP contribution in [0, 0.1) is 0 Å². The van der Waals surface area contributed by atoms with Crippen molar-refractivity contribution in [3.05, 3.63) is 50.4 Å². The zero-order valence-electron chi connectivity index (χ0n) is 9.48. The first-order valence-corrected chi connectivity index (χ1v) is 6.93. The third kappa shape index (κ3) is 3.02. The molecule has 1 unspecified atom stereocenters. The maximum Gasteiger partial charge on any atom is 0.254 e. The predicted molar refractivity (Wildman–Crippen MR) is 74.5 cm³/mol. The van der Waals surface area contributed by atoms with Gasteiger partial charge in [-0.05, 0) is 41.4 Å². The normalized spacial score (nSPS) is 12.2. The van der Waals surface area contributed by atoms with Gasteiger partial charge in [0.1, 0.15) is 10.3 Å². The summed E-state index contributed by atoms with van der Waals surface area (Å²) in [5.41, 5.74) is 1.38. The van der Waals surface area contributed by atoms with Crippen LogP contribution in [0.15, 0.2) is 29.0 Å². The van der Waals surface area contributed by atoms with E-state index in [1.54, 1.807) is 17.4 Å². The Kier molecular flexibility index (Phi) is 4.22. The molecule has 18 heavy (non-hydrogen) atoms. The number of thiophene rings is 1. The van der Waals surface area contributed by atoms with E-state index in [2.05, 4.69) is 10.3 Å². The fraction of sp³-hybridized carbons (Fsp3) is 0.167. The van der Waals surface area contributed by atoms with E-state index >= 15 is 0 Å². The topological polar surface area (TPSA) is 42.0 Å². The van der Waals surface area contributed by atoms with Crippen molar-refractivity contribution in [2.75, 3.05) is 0 Å². The maximum absolute atomic E-state index is 12.0. The molecule has 0 saturated heterocycles. The highest BCUT2D eigenvalue weighted by Crippen LogP contribution is 2.19. The van der Waals surface area contributed by atoms with Crippen molar-refractivity contribution in [1.82, 2.24) is 10.3 Å². The Morgan fingerprint density at radius 2 is 2.17 bits per heavy atom. The lowest BCUT2D eigenvalue weighted by atomic mass is 10.1. The molecule has 0 spiro atoms. The molecule has 1 amide bonds. The summed E-state index contributed by atoms with van der Waals surface area (Å²) in [7, 11) is 0. The van der Waals surface area contributed by atoms with Crippen LogP contribution in [-0.2, 0) is 0 Å². The summed E-state index contributed by atoms with van der Waals surface area (Å²) in [5, 5.41) is 7.19. The highest BCUT2D eigenvalue weighted by atomic mass is 35.5. The number of nitrogens with zero attached hydrogens (tertiary/aromatic N) is 1. The van der Waals surface area contributed by atoms with Gasteiger partial charge < -0.3 is 5.32 Å². The maximum atomic E-state index is 12.0. The van der Waals surface area contributed by atoms with E-state index in [0.717, 1.165) is 5.56 Å². The van der Waals surface area contributed by atoms with E-state index in [1.807, 2.05) is 23.8 Å². The number of hydrogen-bond donors (Lipinski definition) is 1. The van der Waals surface area contributed by atoms with Crippen molar-refractivity contribution >= 4 is 40.4 Å². The van der Waals surface area contributed by atoms with Crippen LogP contribution in [0.2, 0.25) is 10.3 Å². The van der Waals surface area contributed by atoms with E-state index in [0.29, 0.717) is 5.56 Å². The van der Waals surface area contributed by atoms with Crippen LogP contribution in [0.4, 0.5) is 0 Å². The highest BCUT2D eigenvalue weighted by Gasteiger charge is 2.15. The van der Waals surface area contributed by atoms with E-state index in [4.69, 9.17) is 23.2 Å². The fourth-order valence-corrected chi connectivity index (χ4v) is 2.65. The van der Waals surface area contributed by atoms with Crippen LogP contribution in [0.3, 0.4) is 0 Å². The van der Waals surface area contributed by atoms with Gasteiger partial charge in [-0.25, -0.2) is 4.98 Å². The zero-order valence-corrected chi connectivity index (χ0v) is 11.8. The molecule has 2 rings (SSSR count). The number of carbonyl (C=O) groups excluding carboxylic acids is 1. The molecule has 0 bridgehead atoms. The lowest BCUT2D eigenvalue weighted by Crippen LogP contribution is -2.26. The standard InChI is InChI=1S/C12H10Cl2N2OS/c1-7(8-4-5-18-6-8)15-12(17)9-2-3-10(13)16-11(9)14/h2-7H,1H3,(H,15,17). The molecule has 0 radical (unpaired) electrons. The van der Waals surface area contributed by atoms with Crippen LogP contribution in [0.25, 0.3) is 0 Å². The zero-order chi connectivity index (χ0) is 13.1. The molecule has 2 aromatic rings. The van der Waals surface area contributed by atoms with Gasteiger partial charge in [0.2, 0.25) is 0 Å². The number of aromatic nitrogens is 1. The number of rotatable bonds is 3. The van der Waals surface area contributed by atoms with Crippen LogP contribution < -0.4 is 5.32 Å². The molecule has 0 aromatic carbocycles. The van der Waals surface area contributed by atoms with Crippen molar-refractivity contribution in [2.24, 2.45) is 0 Å². The molecule has 0 aliphatic heterocycles. The van der Waals surface area contributed by atoms with Crippen molar-refractivity contribution in [3.63, 3.8) is 0 Å². The molecule has 0 aliphatic rings. The molecular weight excluding hydrogens is 291 g/mol. The Bertz CT molecular complexity index is 557. The molecular formula is C12H10Cl2N2OS. The van der Waals surface area contributed by atoms with Crippen LogP contribution >= 0.6 is 34.5 Å². The minimum atomic E-state index is -0.261. The van der Waals surface area contributed by atoms with Gasteiger partial charge in [-0.1, -0.05) is 23.2 Å². The average Bonchev–Trinajstić information content (AvgIpc) is 2.81. The Hall–Kier alpha value is -1.10. The SMILES string of the molecule is CC(NC(=O)c1ccc(Cl)nc1Cl)c1ccsc1. The first-order chi connectivity index (χ1) is 8.58. The lowest BCUT2D eigenvalue weighted by molar-refractivity contribution is 0.0940. The predicted octanol–water partition coefficient (Wildman–Crippen LogP) is 3.94. The van der Waals surface area contributed by atoms with Gasteiger partial charge >= 0.3 is 0 Å². The number of carbonyl (C=O) groups is 1. The van der Waals surface area contributed by atoms with Crippen molar-refractivity contribution in [1.29, 1.82) is 0 Å². The molecule has 0 aliphatic carbocycles. The molecule has 6 heteroatoms. The monoisotopic (exact) mass is 300 g/mol. The molecule has 2 aromatic heterocycles. The van der Waals surface area contributed by atoms with Crippen LogP contribution in [0.5, 0.6) is 0 Å². The Labute approximate surface area is 119 Å². The molecule has 1 N–H and O–H groups in total.